The van der Waals surface area contributed by atoms with Crippen LogP contribution in [0.1, 0.15) is 12.5 Å². The van der Waals surface area contributed by atoms with Crippen LogP contribution in [0.15, 0.2) is 29.6 Å². The number of rotatable bonds is 3. The van der Waals surface area contributed by atoms with Gasteiger partial charge in [-0.05, 0) is 24.6 Å². The van der Waals surface area contributed by atoms with E-state index < -0.39 is 0 Å². The molecule has 0 atom stereocenters. The molecule has 14 heavy (non-hydrogen) atoms. The van der Waals surface area contributed by atoms with Gasteiger partial charge >= 0.3 is 0 Å². The summed E-state index contributed by atoms with van der Waals surface area (Å²) in [6.45, 7) is 3.47. The zero-order valence-corrected chi connectivity index (χ0v) is 8.22. The van der Waals surface area contributed by atoms with Gasteiger partial charge in [0.25, 0.3) is 0 Å². The number of pyridine rings is 1. The van der Waals surface area contributed by atoms with Crippen molar-refractivity contribution in [3.05, 3.63) is 30.1 Å². The summed E-state index contributed by atoms with van der Waals surface area (Å²) in [6.07, 6.45) is 3.50. The molecule has 0 bridgehead atoms. The zero-order valence-electron chi connectivity index (χ0n) is 8.22. The molecule has 4 N–H and O–H groups in total. The van der Waals surface area contributed by atoms with Crippen molar-refractivity contribution in [2.75, 3.05) is 6.54 Å². The van der Waals surface area contributed by atoms with Crippen molar-refractivity contribution in [2.24, 2.45) is 16.7 Å². The first-order valence-electron chi connectivity index (χ1n) is 4.45. The SMILES string of the molecule is CCN(Cc1ccncc1)C(N)=NN. The Hall–Kier alpha value is -1.78. The smallest absolute Gasteiger partial charge is 0.213 e. The van der Waals surface area contributed by atoms with Crippen molar-refractivity contribution in [1.82, 2.24) is 9.88 Å². The molecule has 0 spiro atoms. The topological polar surface area (TPSA) is 80.5 Å². The van der Waals surface area contributed by atoms with Crippen LogP contribution >= 0.6 is 0 Å². The monoisotopic (exact) mass is 193 g/mol. The van der Waals surface area contributed by atoms with Crippen LogP contribution in [-0.4, -0.2) is 22.4 Å². The number of aromatic nitrogens is 1. The third-order valence-electron chi connectivity index (χ3n) is 1.96. The lowest BCUT2D eigenvalue weighted by Gasteiger charge is -2.20. The van der Waals surface area contributed by atoms with Gasteiger partial charge in [-0.3, -0.25) is 4.98 Å². The number of hydrogen-bond acceptors (Lipinski definition) is 3. The number of guanidine groups is 1. The molecule has 0 aliphatic rings. The highest BCUT2D eigenvalue weighted by molar-refractivity contribution is 5.77. The molecular formula is C9H15N5. The van der Waals surface area contributed by atoms with Gasteiger partial charge in [-0.2, -0.15) is 0 Å². The Balaban J connectivity index is 2.67. The minimum atomic E-state index is 0.351. The summed E-state index contributed by atoms with van der Waals surface area (Å²) in [4.78, 5) is 5.82. The van der Waals surface area contributed by atoms with Gasteiger partial charge in [0.15, 0.2) is 0 Å². The Labute approximate surface area is 83.4 Å². The molecule has 76 valence electrons. The molecule has 0 fully saturated rings. The van der Waals surface area contributed by atoms with Crippen molar-refractivity contribution >= 4 is 5.96 Å². The Morgan fingerprint density at radius 2 is 2.14 bits per heavy atom. The van der Waals surface area contributed by atoms with Gasteiger partial charge in [0.2, 0.25) is 5.96 Å². The van der Waals surface area contributed by atoms with Crippen molar-refractivity contribution in [3.63, 3.8) is 0 Å². The normalized spacial score (nSPS) is 11.4. The molecule has 0 saturated heterocycles. The summed E-state index contributed by atoms with van der Waals surface area (Å²) in [5.74, 6) is 5.46. The fraction of sp³-hybridized carbons (Fsp3) is 0.333. The molecule has 1 aromatic rings. The molecule has 0 aliphatic heterocycles. The first-order chi connectivity index (χ1) is 6.77. The molecule has 1 heterocycles. The van der Waals surface area contributed by atoms with E-state index in [1.165, 1.54) is 0 Å². The van der Waals surface area contributed by atoms with E-state index in [9.17, 15) is 0 Å². The summed E-state index contributed by atoms with van der Waals surface area (Å²) in [7, 11) is 0. The molecule has 0 aliphatic carbocycles. The molecule has 1 rings (SSSR count). The van der Waals surface area contributed by atoms with Gasteiger partial charge in [-0.1, -0.05) is 0 Å². The quantitative estimate of drug-likeness (QED) is 0.308. The third kappa shape index (κ3) is 2.62. The number of hydrazone groups is 1. The van der Waals surface area contributed by atoms with Gasteiger partial charge < -0.3 is 16.5 Å². The van der Waals surface area contributed by atoms with Gasteiger partial charge in [0, 0.05) is 25.5 Å². The molecule has 5 nitrogen and oxygen atoms in total. The van der Waals surface area contributed by atoms with Gasteiger partial charge in [0.1, 0.15) is 0 Å². The van der Waals surface area contributed by atoms with E-state index in [0.717, 1.165) is 12.1 Å². The second kappa shape index (κ2) is 5.06. The molecule has 0 saturated carbocycles. The lowest BCUT2D eigenvalue weighted by molar-refractivity contribution is 0.428. The summed E-state index contributed by atoms with van der Waals surface area (Å²) in [5, 5.41) is 3.46. The lowest BCUT2D eigenvalue weighted by atomic mass is 10.2. The highest BCUT2D eigenvalue weighted by Crippen LogP contribution is 2.01. The predicted molar refractivity (Wildman–Crippen MR) is 56.1 cm³/mol. The summed E-state index contributed by atoms with van der Waals surface area (Å²) in [5.41, 5.74) is 6.74. The summed E-state index contributed by atoms with van der Waals surface area (Å²) in [6, 6.07) is 3.87. The van der Waals surface area contributed by atoms with Crippen molar-refractivity contribution in [1.29, 1.82) is 0 Å². The maximum Gasteiger partial charge on any atom is 0.213 e. The molecule has 1 aromatic heterocycles. The minimum Gasteiger partial charge on any atom is -0.368 e. The second-order valence-corrected chi connectivity index (χ2v) is 2.86. The zero-order chi connectivity index (χ0) is 10.4. The van der Waals surface area contributed by atoms with Crippen LogP contribution in [0.5, 0.6) is 0 Å². The Morgan fingerprint density at radius 3 is 2.64 bits per heavy atom. The van der Waals surface area contributed by atoms with Crippen LogP contribution in [0.25, 0.3) is 0 Å². The second-order valence-electron chi connectivity index (χ2n) is 2.86. The van der Waals surface area contributed by atoms with Crippen LogP contribution < -0.4 is 11.6 Å². The Morgan fingerprint density at radius 1 is 1.50 bits per heavy atom. The minimum absolute atomic E-state index is 0.351. The molecular weight excluding hydrogens is 178 g/mol. The van der Waals surface area contributed by atoms with E-state index in [4.69, 9.17) is 11.6 Å². The van der Waals surface area contributed by atoms with Gasteiger partial charge in [-0.25, -0.2) is 0 Å². The highest BCUT2D eigenvalue weighted by Gasteiger charge is 2.05. The van der Waals surface area contributed by atoms with Crippen LogP contribution in [0.4, 0.5) is 0 Å². The molecule has 0 amide bonds. The lowest BCUT2D eigenvalue weighted by Crippen LogP contribution is -2.37. The fourth-order valence-electron chi connectivity index (χ4n) is 1.15. The molecule has 0 unspecified atom stereocenters. The predicted octanol–water partition coefficient (Wildman–Crippen LogP) is 0.0919. The molecule has 0 aromatic carbocycles. The average Bonchev–Trinajstić information content (AvgIpc) is 2.26. The number of hydrogen-bond donors (Lipinski definition) is 2. The average molecular weight is 193 g/mol. The van der Waals surface area contributed by atoms with E-state index >= 15 is 0 Å². The first kappa shape index (κ1) is 10.3. The fourth-order valence-corrected chi connectivity index (χ4v) is 1.15. The maximum absolute atomic E-state index is 5.61. The standard InChI is InChI=1S/C9H15N5/c1-2-14(9(10)13-11)7-8-3-5-12-6-4-8/h3-6H,2,7,11H2,1H3,(H2,10,13). The Kier molecular flexibility index (Phi) is 3.72. The number of nitrogens with zero attached hydrogens (tertiary/aromatic N) is 3. The number of nitrogens with two attached hydrogens (primary N) is 2. The van der Waals surface area contributed by atoms with E-state index in [1.807, 2.05) is 24.0 Å². The third-order valence-corrected chi connectivity index (χ3v) is 1.96. The van der Waals surface area contributed by atoms with Crippen LogP contribution in [0.2, 0.25) is 0 Å². The van der Waals surface area contributed by atoms with Crippen molar-refractivity contribution in [2.45, 2.75) is 13.5 Å². The van der Waals surface area contributed by atoms with Gasteiger partial charge in [0.05, 0.1) is 0 Å². The van der Waals surface area contributed by atoms with E-state index in [-0.39, 0.29) is 0 Å². The van der Waals surface area contributed by atoms with Gasteiger partial charge in [-0.15, -0.1) is 5.10 Å². The maximum atomic E-state index is 5.61. The Bertz CT molecular complexity index is 295. The van der Waals surface area contributed by atoms with Crippen LogP contribution in [-0.2, 0) is 6.54 Å². The summed E-state index contributed by atoms with van der Waals surface area (Å²) < 4.78 is 0. The highest BCUT2D eigenvalue weighted by atomic mass is 15.3. The van der Waals surface area contributed by atoms with Crippen molar-refractivity contribution < 1.29 is 0 Å². The van der Waals surface area contributed by atoms with Crippen LogP contribution in [0.3, 0.4) is 0 Å². The van der Waals surface area contributed by atoms with Crippen LogP contribution in [0, 0.1) is 0 Å². The molecule has 5 heteroatoms. The molecule has 0 radical (unpaired) electrons. The van der Waals surface area contributed by atoms with Crippen molar-refractivity contribution in [3.8, 4) is 0 Å². The van der Waals surface area contributed by atoms with E-state index in [2.05, 4.69) is 10.1 Å². The largest absolute Gasteiger partial charge is 0.368 e. The first-order valence-corrected chi connectivity index (χ1v) is 4.45. The van der Waals surface area contributed by atoms with E-state index in [0.29, 0.717) is 12.5 Å². The summed E-state index contributed by atoms with van der Waals surface area (Å²) >= 11 is 0. The van der Waals surface area contributed by atoms with E-state index in [1.54, 1.807) is 12.4 Å².